The number of alkyl halides is 1. The lowest BCUT2D eigenvalue weighted by Gasteiger charge is -2.29. The van der Waals surface area contributed by atoms with Gasteiger partial charge in [0.05, 0.1) is 19.2 Å². The number of nitrogens with one attached hydrogen (secondary N) is 2. The summed E-state index contributed by atoms with van der Waals surface area (Å²) in [5.74, 6) is 0.434. The molecule has 0 bridgehead atoms. The average Bonchev–Trinajstić information content (AvgIpc) is 3.07. The fourth-order valence-corrected chi connectivity index (χ4v) is 5.70. The molecule has 0 saturated heterocycles. The first kappa shape index (κ1) is 37.5. The summed E-state index contributed by atoms with van der Waals surface area (Å²) in [4.78, 5) is 46.4. The average molecular weight is 757 g/mol. The molecule has 0 fully saturated rings. The quantitative estimate of drug-likeness (QED) is 0.0904. The number of rotatable bonds is 17. The van der Waals surface area contributed by atoms with Crippen molar-refractivity contribution < 1.29 is 19.1 Å². The van der Waals surface area contributed by atoms with E-state index in [0.29, 0.717) is 37.5 Å². The Morgan fingerprint density at radius 1 is 0.745 bits per heavy atom. The molecule has 47 heavy (non-hydrogen) atoms. The Balaban J connectivity index is 1.42. The van der Waals surface area contributed by atoms with Crippen molar-refractivity contribution in [3.63, 3.8) is 0 Å². The molecule has 11 heteroatoms. The maximum absolute atomic E-state index is 13.2. The van der Waals surface area contributed by atoms with Crippen molar-refractivity contribution in [2.24, 2.45) is 0 Å². The minimum atomic E-state index is -0.381. The van der Waals surface area contributed by atoms with Crippen LogP contribution in [-0.2, 0) is 11.2 Å². The number of amides is 5. The number of para-hydroxylation sites is 2. The lowest BCUT2D eigenvalue weighted by Crippen LogP contribution is -2.43. The van der Waals surface area contributed by atoms with Gasteiger partial charge in [-0.1, -0.05) is 65.1 Å². The van der Waals surface area contributed by atoms with Crippen LogP contribution in [0.2, 0.25) is 0 Å². The van der Waals surface area contributed by atoms with Crippen LogP contribution >= 0.6 is 22.6 Å². The molecule has 5 amide bonds. The number of methoxy groups -OCH3 is 1. The summed E-state index contributed by atoms with van der Waals surface area (Å²) < 4.78 is 6.38. The van der Waals surface area contributed by atoms with Gasteiger partial charge in [0.15, 0.2) is 0 Å². The highest BCUT2D eigenvalue weighted by Crippen LogP contribution is 2.26. The zero-order chi connectivity index (χ0) is 34.2. The number of anilines is 3. The second-order valence-corrected chi connectivity index (χ2v) is 12.7. The predicted octanol–water partition coefficient (Wildman–Crippen LogP) is 6.74. The molecule has 0 spiro atoms. The lowest BCUT2D eigenvalue weighted by atomic mass is 10.1. The maximum atomic E-state index is 13.2. The number of nitrogens with zero attached hydrogens (tertiary/aromatic N) is 4. The van der Waals surface area contributed by atoms with Gasteiger partial charge in [0.2, 0.25) is 5.91 Å². The van der Waals surface area contributed by atoms with E-state index in [2.05, 4.69) is 57.3 Å². The van der Waals surface area contributed by atoms with Gasteiger partial charge in [-0.3, -0.25) is 4.79 Å². The normalized spacial score (nSPS) is 10.6. The van der Waals surface area contributed by atoms with Crippen molar-refractivity contribution in [3.05, 3.63) is 83.9 Å². The van der Waals surface area contributed by atoms with Crippen molar-refractivity contribution in [2.75, 3.05) is 80.9 Å². The third-order valence-electron chi connectivity index (χ3n) is 8.00. The van der Waals surface area contributed by atoms with Crippen molar-refractivity contribution in [1.82, 2.24) is 14.7 Å². The van der Waals surface area contributed by atoms with Gasteiger partial charge in [-0.05, 0) is 67.6 Å². The van der Waals surface area contributed by atoms with Gasteiger partial charge in [0, 0.05) is 69.7 Å². The standard InChI is InChI=1S/C36H49IN6O4/c1-28-14-9-10-17-31(28)38-35(45)39-32-19-18-29(26-33(32)47-5)27-34(44)41(3)22-13-23-42(4)36(46)43(25-20-37)24-12-11-21-40(2)30-15-7-6-8-16-30/h6-10,14-19,26H,11-13,20-25,27H2,1-5H3,(H2,38,39,45). The molecule has 0 saturated carbocycles. The predicted molar refractivity (Wildman–Crippen MR) is 200 cm³/mol. The molecule has 0 aliphatic rings. The second kappa shape index (κ2) is 19.6. The summed E-state index contributed by atoms with van der Waals surface area (Å²) in [5, 5.41) is 5.66. The van der Waals surface area contributed by atoms with E-state index >= 15 is 0 Å². The van der Waals surface area contributed by atoms with Crippen LogP contribution in [0, 0.1) is 6.92 Å². The minimum absolute atomic E-state index is 0.0282. The smallest absolute Gasteiger partial charge is 0.323 e. The van der Waals surface area contributed by atoms with Gasteiger partial charge in [-0.15, -0.1) is 0 Å². The molecule has 0 aliphatic carbocycles. The van der Waals surface area contributed by atoms with Crippen LogP contribution in [0.4, 0.5) is 26.7 Å². The van der Waals surface area contributed by atoms with Crippen molar-refractivity contribution in [1.29, 1.82) is 0 Å². The highest BCUT2D eigenvalue weighted by atomic mass is 127. The van der Waals surface area contributed by atoms with E-state index in [4.69, 9.17) is 4.74 Å². The zero-order valence-electron chi connectivity index (χ0n) is 28.3. The molecule has 0 radical (unpaired) electrons. The van der Waals surface area contributed by atoms with Crippen LogP contribution in [0.3, 0.4) is 0 Å². The first-order valence-corrected chi connectivity index (χ1v) is 17.5. The fraction of sp³-hybridized carbons (Fsp3) is 0.417. The summed E-state index contributed by atoms with van der Waals surface area (Å²) in [6.07, 6.45) is 2.81. The number of carbonyl (C=O) groups excluding carboxylic acids is 3. The Morgan fingerprint density at radius 2 is 1.40 bits per heavy atom. The highest BCUT2D eigenvalue weighted by molar-refractivity contribution is 14.1. The molecule has 0 atom stereocenters. The molecular weight excluding hydrogens is 707 g/mol. The third kappa shape index (κ3) is 12.3. The number of aryl methyl sites for hydroxylation is 1. The molecule has 2 N–H and O–H groups in total. The van der Waals surface area contributed by atoms with Gasteiger partial charge in [0.1, 0.15) is 5.75 Å². The molecule has 0 aromatic heterocycles. The van der Waals surface area contributed by atoms with Gasteiger partial charge in [-0.2, -0.15) is 0 Å². The Kier molecular flexibility index (Phi) is 15.6. The molecule has 0 aliphatic heterocycles. The number of urea groups is 2. The number of carbonyl (C=O) groups is 3. The molecular formula is C36H49IN6O4. The number of hydrogen-bond donors (Lipinski definition) is 2. The largest absolute Gasteiger partial charge is 0.495 e. The third-order valence-corrected chi connectivity index (χ3v) is 8.48. The van der Waals surface area contributed by atoms with Crippen molar-refractivity contribution in [3.8, 4) is 5.75 Å². The summed E-state index contributed by atoms with van der Waals surface area (Å²) in [5.41, 5.74) is 4.16. The van der Waals surface area contributed by atoms with Crippen LogP contribution in [0.5, 0.6) is 5.75 Å². The van der Waals surface area contributed by atoms with Crippen molar-refractivity contribution >= 4 is 57.6 Å². The second-order valence-electron chi connectivity index (χ2n) is 11.6. The van der Waals surface area contributed by atoms with E-state index in [9.17, 15) is 14.4 Å². The van der Waals surface area contributed by atoms with E-state index in [1.165, 1.54) is 12.8 Å². The van der Waals surface area contributed by atoms with E-state index in [1.54, 1.807) is 29.0 Å². The van der Waals surface area contributed by atoms with Crippen LogP contribution in [0.1, 0.15) is 30.4 Å². The molecule has 10 nitrogen and oxygen atoms in total. The Hall–Kier alpha value is -4.00. The van der Waals surface area contributed by atoms with E-state index in [-0.39, 0.29) is 24.4 Å². The maximum Gasteiger partial charge on any atom is 0.323 e. The summed E-state index contributed by atoms with van der Waals surface area (Å²) in [6, 6.07) is 22.8. The number of unbranched alkanes of at least 4 members (excludes halogenated alkanes) is 1. The first-order valence-electron chi connectivity index (χ1n) is 16.0. The fourth-order valence-electron chi connectivity index (χ4n) is 5.12. The first-order chi connectivity index (χ1) is 22.6. The highest BCUT2D eigenvalue weighted by Gasteiger charge is 2.18. The van der Waals surface area contributed by atoms with Gasteiger partial charge in [0.25, 0.3) is 0 Å². The number of likely N-dealkylation sites (N-methyl/N-ethyl adjacent to an activating group) is 1. The Bertz CT molecular complexity index is 1440. The molecule has 3 rings (SSSR count). The summed E-state index contributed by atoms with van der Waals surface area (Å²) >= 11 is 2.31. The molecule has 0 unspecified atom stereocenters. The number of ether oxygens (including phenoxy) is 1. The van der Waals surface area contributed by atoms with Gasteiger partial charge < -0.3 is 35.0 Å². The minimum Gasteiger partial charge on any atom is -0.495 e. The Morgan fingerprint density at radius 3 is 2.11 bits per heavy atom. The molecule has 0 heterocycles. The summed E-state index contributed by atoms with van der Waals surface area (Å²) in [6.45, 7) is 5.39. The van der Waals surface area contributed by atoms with E-state index in [0.717, 1.165) is 47.2 Å². The van der Waals surface area contributed by atoms with Gasteiger partial charge in [-0.25, -0.2) is 9.59 Å². The van der Waals surface area contributed by atoms with Crippen LogP contribution in [0.25, 0.3) is 0 Å². The topological polar surface area (TPSA) is 97.5 Å². The molecule has 3 aromatic rings. The SMILES string of the molecule is COc1cc(CC(=O)N(C)CCCN(C)C(=O)N(CCI)CCCCN(C)c2ccccc2)ccc1NC(=O)Nc1ccccc1C. The van der Waals surface area contributed by atoms with Crippen LogP contribution in [-0.4, -0.2) is 98.1 Å². The monoisotopic (exact) mass is 756 g/mol. The molecule has 254 valence electrons. The zero-order valence-corrected chi connectivity index (χ0v) is 30.5. The summed E-state index contributed by atoms with van der Waals surface area (Å²) in [7, 11) is 7.24. The lowest BCUT2D eigenvalue weighted by molar-refractivity contribution is -0.129. The van der Waals surface area contributed by atoms with E-state index < -0.39 is 0 Å². The van der Waals surface area contributed by atoms with E-state index in [1.807, 2.05) is 67.4 Å². The number of hydrogen-bond acceptors (Lipinski definition) is 5. The Labute approximate surface area is 293 Å². The van der Waals surface area contributed by atoms with Crippen molar-refractivity contribution in [2.45, 2.75) is 32.6 Å². The molecule has 3 aromatic carbocycles. The van der Waals surface area contributed by atoms with Crippen LogP contribution < -0.4 is 20.3 Å². The number of halogens is 1. The van der Waals surface area contributed by atoms with Gasteiger partial charge >= 0.3 is 12.1 Å². The number of benzene rings is 3. The van der Waals surface area contributed by atoms with Crippen LogP contribution in [0.15, 0.2) is 72.8 Å².